The lowest BCUT2D eigenvalue weighted by molar-refractivity contribution is -0.136. The second-order valence-corrected chi connectivity index (χ2v) is 5.83. The summed E-state index contributed by atoms with van der Waals surface area (Å²) in [4.78, 5) is 23.8. The summed E-state index contributed by atoms with van der Waals surface area (Å²) in [6.45, 7) is 3.66. The van der Waals surface area contributed by atoms with Crippen LogP contribution in [0, 0.1) is 0 Å². The first-order chi connectivity index (χ1) is 12.2. The number of alkyl halides is 3. The standard InChI is InChI=1S/C18H18F3N3O2/c1-11(2)22-16(25)12-7-9-13(10-8-12)23-17(26)24-15-6-4-3-5-14(15)18(19,20)21/h3-11H,1-2H3,(H,22,25)(H2,23,24,26). The van der Waals surface area contributed by atoms with E-state index in [4.69, 9.17) is 0 Å². The van der Waals surface area contributed by atoms with E-state index in [1.54, 1.807) is 0 Å². The molecular formula is C18H18F3N3O2. The van der Waals surface area contributed by atoms with Crippen molar-refractivity contribution in [3.8, 4) is 0 Å². The van der Waals surface area contributed by atoms with E-state index >= 15 is 0 Å². The number of urea groups is 1. The number of hydrogen-bond donors (Lipinski definition) is 3. The fourth-order valence-electron chi connectivity index (χ4n) is 2.17. The van der Waals surface area contributed by atoms with Gasteiger partial charge in [0.25, 0.3) is 5.91 Å². The van der Waals surface area contributed by atoms with E-state index in [-0.39, 0.29) is 17.6 Å². The van der Waals surface area contributed by atoms with Gasteiger partial charge in [0.1, 0.15) is 0 Å². The third-order valence-electron chi connectivity index (χ3n) is 3.31. The molecule has 0 saturated carbocycles. The Morgan fingerprint density at radius 3 is 2.12 bits per heavy atom. The van der Waals surface area contributed by atoms with Crippen molar-refractivity contribution in [3.63, 3.8) is 0 Å². The van der Waals surface area contributed by atoms with E-state index in [1.807, 2.05) is 13.8 Å². The van der Waals surface area contributed by atoms with Crippen LogP contribution < -0.4 is 16.0 Å². The zero-order valence-electron chi connectivity index (χ0n) is 14.1. The zero-order valence-corrected chi connectivity index (χ0v) is 14.1. The van der Waals surface area contributed by atoms with Crippen molar-refractivity contribution in [2.75, 3.05) is 10.6 Å². The number of carbonyl (C=O) groups is 2. The van der Waals surface area contributed by atoms with Crippen molar-refractivity contribution in [1.82, 2.24) is 5.32 Å². The average Bonchev–Trinajstić information content (AvgIpc) is 2.54. The van der Waals surface area contributed by atoms with Crippen LogP contribution in [-0.4, -0.2) is 18.0 Å². The largest absolute Gasteiger partial charge is 0.418 e. The first kappa shape index (κ1) is 19.3. The van der Waals surface area contributed by atoms with Crippen LogP contribution in [0.15, 0.2) is 48.5 Å². The van der Waals surface area contributed by atoms with Crippen LogP contribution in [0.2, 0.25) is 0 Å². The van der Waals surface area contributed by atoms with Crippen molar-refractivity contribution in [1.29, 1.82) is 0 Å². The number of carbonyl (C=O) groups excluding carboxylic acids is 2. The summed E-state index contributed by atoms with van der Waals surface area (Å²) >= 11 is 0. The molecule has 0 saturated heterocycles. The van der Waals surface area contributed by atoms with Crippen LogP contribution in [0.1, 0.15) is 29.8 Å². The van der Waals surface area contributed by atoms with E-state index in [0.717, 1.165) is 6.07 Å². The summed E-state index contributed by atoms with van der Waals surface area (Å²) in [5.74, 6) is -0.255. The normalized spacial score (nSPS) is 11.2. The number of benzene rings is 2. The third-order valence-corrected chi connectivity index (χ3v) is 3.31. The highest BCUT2D eigenvalue weighted by Crippen LogP contribution is 2.34. The molecule has 0 bridgehead atoms. The van der Waals surface area contributed by atoms with Gasteiger partial charge in [-0.3, -0.25) is 4.79 Å². The number of rotatable bonds is 4. The quantitative estimate of drug-likeness (QED) is 0.747. The highest BCUT2D eigenvalue weighted by Gasteiger charge is 2.33. The maximum Gasteiger partial charge on any atom is 0.418 e. The molecule has 2 rings (SSSR count). The number of anilines is 2. The highest BCUT2D eigenvalue weighted by atomic mass is 19.4. The molecular weight excluding hydrogens is 347 g/mol. The lowest BCUT2D eigenvalue weighted by Gasteiger charge is -2.14. The smallest absolute Gasteiger partial charge is 0.350 e. The number of amides is 3. The summed E-state index contributed by atoms with van der Waals surface area (Å²) in [7, 11) is 0. The second-order valence-electron chi connectivity index (χ2n) is 5.83. The minimum atomic E-state index is -4.57. The van der Waals surface area contributed by atoms with Gasteiger partial charge in [0, 0.05) is 17.3 Å². The molecule has 138 valence electrons. The van der Waals surface area contributed by atoms with Crippen molar-refractivity contribution in [2.45, 2.75) is 26.1 Å². The van der Waals surface area contributed by atoms with Crippen molar-refractivity contribution in [2.24, 2.45) is 0 Å². The Balaban J connectivity index is 2.04. The maximum atomic E-state index is 12.9. The Kier molecular flexibility index (Phi) is 5.86. The van der Waals surface area contributed by atoms with Crippen LogP contribution >= 0.6 is 0 Å². The molecule has 3 amide bonds. The molecule has 0 aliphatic heterocycles. The molecule has 0 aliphatic rings. The third kappa shape index (κ3) is 5.23. The predicted molar refractivity (Wildman–Crippen MR) is 93.1 cm³/mol. The van der Waals surface area contributed by atoms with Crippen LogP contribution in [0.4, 0.5) is 29.3 Å². The van der Waals surface area contributed by atoms with Crippen molar-refractivity contribution in [3.05, 3.63) is 59.7 Å². The molecule has 0 unspecified atom stereocenters. The Labute approximate surface area is 148 Å². The first-order valence-electron chi connectivity index (χ1n) is 7.82. The Morgan fingerprint density at radius 1 is 0.923 bits per heavy atom. The van der Waals surface area contributed by atoms with Gasteiger partial charge in [0.2, 0.25) is 0 Å². The summed E-state index contributed by atoms with van der Waals surface area (Å²) in [6.07, 6.45) is -4.57. The topological polar surface area (TPSA) is 70.2 Å². The minimum Gasteiger partial charge on any atom is -0.350 e. The molecule has 26 heavy (non-hydrogen) atoms. The Morgan fingerprint density at radius 2 is 1.54 bits per heavy atom. The monoisotopic (exact) mass is 365 g/mol. The van der Waals surface area contributed by atoms with Crippen molar-refractivity contribution >= 4 is 23.3 Å². The van der Waals surface area contributed by atoms with Gasteiger partial charge < -0.3 is 16.0 Å². The SMILES string of the molecule is CC(C)NC(=O)c1ccc(NC(=O)Nc2ccccc2C(F)(F)F)cc1. The van der Waals surface area contributed by atoms with E-state index in [2.05, 4.69) is 16.0 Å². The molecule has 0 radical (unpaired) electrons. The van der Waals surface area contributed by atoms with E-state index in [9.17, 15) is 22.8 Å². The lowest BCUT2D eigenvalue weighted by atomic mass is 10.1. The summed E-state index contributed by atoms with van der Waals surface area (Å²) in [5, 5.41) is 7.33. The molecule has 2 aromatic rings. The maximum absolute atomic E-state index is 12.9. The average molecular weight is 365 g/mol. The zero-order chi connectivity index (χ0) is 19.3. The second kappa shape index (κ2) is 7.90. The Hall–Kier alpha value is -3.03. The van der Waals surface area contributed by atoms with E-state index < -0.39 is 17.8 Å². The van der Waals surface area contributed by atoms with Gasteiger partial charge in [-0.1, -0.05) is 12.1 Å². The van der Waals surface area contributed by atoms with Crippen LogP contribution in [0.5, 0.6) is 0 Å². The van der Waals surface area contributed by atoms with E-state index in [0.29, 0.717) is 11.3 Å². The predicted octanol–water partition coefficient (Wildman–Crippen LogP) is 4.49. The number of para-hydroxylation sites is 1. The molecule has 0 spiro atoms. The van der Waals surface area contributed by atoms with Crippen molar-refractivity contribution < 1.29 is 22.8 Å². The van der Waals surface area contributed by atoms with Gasteiger partial charge in [-0.25, -0.2) is 4.79 Å². The molecule has 5 nitrogen and oxygen atoms in total. The lowest BCUT2D eigenvalue weighted by Crippen LogP contribution is -2.30. The van der Waals surface area contributed by atoms with Crippen LogP contribution in [0.25, 0.3) is 0 Å². The molecule has 0 aromatic heterocycles. The molecule has 0 fully saturated rings. The molecule has 0 heterocycles. The van der Waals surface area contributed by atoms with Gasteiger partial charge in [-0.15, -0.1) is 0 Å². The molecule has 0 atom stereocenters. The minimum absolute atomic E-state index is 0.0141. The summed E-state index contributed by atoms with van der Waals surface area (Å²) < 4.78 is 38.8. The highest BCUT2D eigenvalue weighted by molar-refractivity contribution is 6.01. The van der Waals surface area contributed by atoms with Gasteiger partial charge in [0.05, 0.1) is 11.3 Å². The van der Waals surface area contributed by atoms with E-state index in [1.165, 1.54) is 42.5 Å². The Bertz CT molecular complexity index is 787. The number of nitrogens with one attached hydrogen (secondary N) is 3. The van der Waals surface area contributed by atoms with Crippen LogP contribution in [-0.2, 0) is 6.18 Å². The van der Waals surface area contributed by atoms with Gasteiger partial charge in [-0.05, 0) is 50.2 Å². The number of halogens is 3. The molecule has 8 heteroatoms. The first-order valence-corrected chi connectivity index (χ1v) is 7.82. The summed E-state index contributed by atoms with van der Waals surface area (Å²) in [5.41, 5.74) is -0.526. The van der Waals surface area contributed by atoms with Gasteiger partial charge >= 0.3 is 12.2 Å². The molecule has 2 aromatic carbocycles. The van der Waals surface area contributed by atoms with Gasteiger partial charge in [0.15, 0.2) is 0 Å². The molecule has 3 N–H and O–H groups in total. The molecule has 0 aliphatic carbocycles. The van der Waals surface area contributed by atoms with Crippen LogP contribution in [0.3, 0.4) is 0 Å². The number of hydrogen-bond acceptors (Lipinski definition) is 2. The fourth-order valence-corrected chi connectivity index (χ4v) is 2.17. The summed E-state index contributed by atoms with van der Waals surface area (Å²) in [6, 6.07) is 9.86. The van der Waals surface area contributed by atoms with Gasteiger partial charge in [-0.2, -0.15) is 13.2 Å². The fraction of sp³-hybridized carbons (Fsp3) is 0.222.